The molecule has 1 saturated carbocycles. The van der Waals surface area contributed by atoms with Gasteiger partial charge in [-0.1, -0.05) is 30.3 Å². The molecule has 2 N–H and O–H groups in total. The Labute approximate surface area is 117 Å². The molecular weight excluding hydrogens is 232 g/mol. The first kappa shape index (κ1) is 13.1. The third-order valence-electron chi connectivity index (χ3n) is 4.85. The van der Waals surface area contributed by atoms with Crippen molar-refractivity contribution < 1.29 is 0 Å². The van der Waals surface area contributed by atoms with Gasteiger partial charge >= 0.3 is 0 Å². The molecule has 0 bridgehead atoms. The van der Waals surface area contributed by atoms with Crippen molar-refractivity contribution in [3.63, 3.8) is 0 Å². The first-order valence-corrected chi connectivity index (χ1v) is 7.76. The Balaban J connectivity index is 1.61. The highest BCUT2D eigenvalue weighted by molar-refractivity contribution is 5.15. The lowest BCUT2D eigenvalue weighted by atomic mass is 9.88. The second-order valence-corrected chi connectivity index (χ2v) is 6.58. The molecule has 3 atom stereocenters. The van der Waals surface area contributed by atoms with E-state index in [1.165, 1.54) is 37.8 Å². The van der Waals surface area contributed by atoms with E-state index in [9.17, 15) is 0 Å². The number of nitrogens with two attached hydrogens (primary N) is 1. The van der Waals surface area contributed by atoms with Gasteiger partial charge in [-0.05, 0) is 50.0 Å². The van der Waals surface area contributed by atoms with Crippen molar-refractivity contribution in [2.45, 2.75) is 44.7 Å². The van der Waals surface area contributed by atoms with Crippen LogP contribution in [0, 0.1) is 11.8 Å². The van der Waals surface area contributed by atoms with Crippen molar-refractivity contribution in [2.75, 3.05) is 13.1 Å². The maximum atomic E-state index is 6.29. The van der Waals surface area contributed by atoms with Gasteiger partial charge in [0, 0.05) is 25.2 Å². The van der Waals surface area contributed by atoms with E-state index < -0.39 is 0 Å². The van der Waals surface area contributed by atoms with Crippen LogP contribution in [0.3, 0.4) is 0 Å². The molecule has 1 aromatic carbocycles. The van der Waals surface area contributed by atoms with E-state index in [2.05, 4.69) is 42.2 Å². The topological polar surface area (TPSA) is 29.3 Å². The Hall–Kier alpha value is -0.860. The number of hydrogen-bond donors (Lipinski definition) is 1. The molecule has 0 amide bonds. The quantitative estimate of drug-likeness (QED) is 0.899. The Morgan fingerprint density at radius 2 is 1.95 bits per heavy atom. The number of benzene rings is 1. The van der Waals surface area contributed by atoms with Gasteiger partial charge in [-0.15, -0.1) is 0 Å². The van der Waals surface area contributed by atoms with Crippen molar-refractivity contribution in [1.29, 1.82) is 0 Å². The maximum absolute atomic E-state index is 6.29. The number of likely N-dealkylation sites (tertiary alicyclic amines) is 1. The van der Waals surface area contributed by atoms with Gasteiger partial charge in [-0.25, -0.2) is 0 Å². The third-order valence-corrected chi connectivity index (χ3v) is 4.85. The highest BCUT2D eigenvalue weighted by Gasteiger charge is 2.35. The standard InChI is InChI=1S/C17H26N2/c1-13(16-7-8-16)19-11-15(10-17(18)12-19)9-14-5-3-2-4-6-14/h2-6,13,15-17H,7-12,18H2,1H3. The van der Waals surface area contributed by atoms with Crippen LogP contribution in [0.5, 0.6) is 0 Å². The Morgan fingerprint density at radius 3 is 2.63 bits per heavy atom. The molecule has 19 heavy (non-hydrogen) atoms. The van der Waals surface area contributed by atoms with Crippen LogP contribution in [0.1, 0.15) is 31.7 Å². The predicted molar refractivity (Wildman–Crippen MR) is 80.0 cm³/mol. The second kappa shape index (κ2) is 5.64. The van der Waals surface area contributed by atoms with Crippen LogP contribution in [0.25, 0.3) is 0 Å². The van der Waals surface area contributed by atoms with Crippen LogP contribution in [-0.2, 0) is 6.42 Å². The summed E-state index contributed by atoms with van der Waals surface area (Å²) < 4.78 is 0. The molecule has 1 aliphatic carbocycles. The van der Waals surface area contributed by atoms with E-state index in [1.807, 2.05) is 0 Å². The van der Waals surface area contributed by atoms with Gasteiger partial charge in [0.25, 0.3) is 0 Å². The Bertz CT molecular complexity index is 399. The summed E-state index contributed by atoms with van der Waals surface area (Å²) >= 11 is 0. The molecule has 0 aromatic heterocycles. The Morgan fingerprint density at radius 1 is 1.21 bits per heavy atom. The SMILES string of the molecule is CC(C1CC1)N1CC(N)CC(Cc2ccccc2)C1. The van der Waals surface area contributed by atoms with Crippen LogP contribution in [0.4, 0.5) is 0 Å². The van der Waals surface area contributed by atoms with Gasteiger partial charge in [-0.2, -0.15) is 0 Å². The summed E-state index contributed by atoms with van der Waals surface area (Å²) in [7, 11) is 0. The zero-order valence-electron chi connectivity index (χ0n) is 12.0. The molecular formula is C17H26N2. The third kappa shape index (κ3) is 3.37. The minimum absolute atomic E-state index is 0.365. The smallest absolute Gasteiger partial charge is 0.0171 e. The van der Waals surface area contributed by atoms with Gasteiger partial charge in [0.05, 0.1) is 0 Å². The van der Waals surface area contributed by atoms with Crippen LogP contribution in [-0.4, -0.2) is 30.1 Å². The Kier molecular flexibility index (Phi) is 3.90. The highest BCUT2D eigenvalue weighted by atomic mass is 15.2. The molecule has 2 heteroatoms. The minimum atomic E-state index is 0.365. The van der Waals surface area contributed by atoms with Gasteiger partial charge in [0.1, 0.15) is 0 Å². The zero-order chi connectivity index (χ0) is 13.2. The van der Waals surface area contributed by atoms with Gasteiger partial charge in [-0.3, -0.25) is 4.90 Å². The molecule has 0 radical (unpaired) electrons. The second-order valence-electron chi connectivity index (χ2n) is 6.58. The van der Waals surface area contributed by atoms with Crippen molar-refractivity contribution in [1.82, 2.24) is 4.90 Å². The molecule has 104 valence electrons. The molecule has 3 rings (SSSR count). The molecule has 1 aromatic rings. The van der Waals surface area contributed by atoms with Crippen molar-refractivity contribution >= 4 is 0 Å². The van der Waals surface area contributed by atoms with Gasteiger partial charge in [0.2, 0.25) is 0 Å². The average Bonchev–Trinajstić information content (AvgIpc) is 3.22. The zero-order valence-corrected chi connectivity index (χ0v) is 12.0. The molecule has 2 nitrogen and oxygen atoms in total. The highest BCUT2D eigenvalue weighted by Crippen LogP contribution is 2.36. The first-order chi connectivity index (χ1) is 9.22. The molecule has 2 aliphatic rings. The molecule has 3 unspecified atom stereocenters. The van der Waals surface area contributed by atoms with E-state index in [0.717, 1.165) is 24.4 Å². The van der Waals surface area contributed by atoms with Crippen molar-refractivity contribution in [2.24, 2.45) is 17.6 Å². The van der Waals surface area contributed by atoms with E-state index >= 15 is 0 Å². The molecule has 2 fully saturated rings. The summed E-state index contributed by atoms with van der Waals surface area (Å²) in [6, 6.07) is 12.0. The van der Waals surface area contributed by atoms with Crippen LogP contribution < -0.4 is 5.73 Å². The fourth-order valence-electron chi connectivity index (χ4n) is 3.59. The maximum Gasteiger partial charge on any atom is 0.0171 e. The van der Waals surface area contributed by atoms with Gasteiger partial charge in [0.15, 0.2) is 0 Å². The van der Waals surface area contributed by atoms with Crippen LogP contribution in [0.15, 0.2) is 30.3 Å². The summed E-state index contributed by atoms with van der Waals surface area (Å²) in [5.74, 6) is 1.68. The summed E-state index contributed by atoms with van der Waals surface area (Å²) in [5.41, 5.74) is 7.74. The summed E-state index contributed by atoms with van der Waals surface area (Å²) in [4.78, 5) is 2.65. The van der Waals surface area contributed by atoms with E-state index in [1.54, 1.807) is 0 Å². The minimum Gasteiger partial charge on any atom is -0.327 e. The fraction of sp³-hybridized carbons (Fsp3) is 0.647. The van der Waals surface area contributed by atoms with Crippen molar-refractivity contribution in [3.8, 4) is 0 Å². The fourth-order valence-corrected chi connectivity index (χ4v) is 3.59. The van der Waals surface area contributed by atoms with Crippen molar-refractivity contribution in [3.05, 3.63) is 35.9 Å². The van der Waals surface area contributed by atoms with E-state index in [-0.39, 0.29) is 0 Å². The van der Waals surface area contributed by atoms with Gasteiger partial charge < -0.3 is 5.73 Å². The first-order valence-electron chi connectivity index (χ1n) is 7.76. The lowest BCUT2D eigenvalue weighted by Gasteiger charge is -2.40. The lowest BCUT2D eigenvalue weighted by Crippen LogP contribution is -2.51. The summed E-state index contributed by atoms with van der Waals surface area (Å²) in [6.07, 6.45) is 5.22. The van der Waals surface area contributed by atoms with Crippen LogP contribution >= 0.6 is 0 Å². The number of nitrogens with zero attached hydrogens (tertiary/aromatic N) is 1. The van der Waals surface area contributed by atoms with Crippen LogP contribution in [0.2, 0.25) is 0 Å². The number of hydrogen-bond acceptors (Lipinski definition) is 2. The summed E-state index contributed by atoms with van der Waals surface area (Å²) in [5, 5.41) is 0. The number of rotatable bonds is 4. The number of piperidine rings is 1. The molecule has 1 aliphatic heterocycles. The van der Waals surface area contributed by atoms with E-state index in [4.69, 9.17) is 5.73 Å². The molecule has 1 saturated heterocycles. The monoisotopic (exact) mass is 258 g/mol. The average molecular weight is 258 g/mol. The predicted octanol–water partition coefficient (Wildman–Crippen LogP) is 2.68. The lowest BCUT2D eigenvalue weighted by molar-refractivity contribution is 0.106. The molecule has 1 heterocycles. The molecule has 0 spiro atoms. The normalized spacial score (nSPS) is 30.2. The van der Waals surface area contributed by atoms with E-state index in [0.29, 0.717) is 6.04 Å². The largest absolute Gasteiger partial charge is 0.327 e. The summed E-state index contributed by atoms with van der Waals surface area (Å²) in [6.45, 7) is 4.73.